The van der Waals surface area contributed by atoms with Crippen molar-refractivity contribution in [3.8, 4) is 0 Å². The molecule has 0 aromatic heterocycles. The lowest BCUT2D eigenvalue weighted by Gasteiger charge is -2.32. The molecule has 2 aromatic carbocycles. The van der Waals surface area contributed by atoms with Gasteiger partial charge in [-0.1, -0.05) is 59.9 Å². The molecule has 0 bridgehead atoms. The second-order valence-corrected chi connectivity index (χ2v) is 10.6. The van der Waals surface area contributed by atoms with Crippen molar-refractivity contribution in [2.24, 2.45) is 0 Å². The zero-order chi connectivity index (χ0) is 24.8. The summed E-state index contributed by atoms with van der Waals surface area (Å²) >= 11 is 18.4. The maximum atomic E-state index is 13.4. The Morgan fingerprint density at radius 3 is 2.30 bits per heavy atom. The third-order valence-electron chi connectivity index (χ3n) is 4.87. The average Bonchev–Trinajstić information content (AvgIpc) is 2.74. The van der Waals surface area contributed by atoms with Crippen LogP contribution in [0.4, 0.5) is 5.69 Å². The monoisotopic (exact) mass is 533 g/mol. The number of halogens is 3. The number of sulfonamides is 1. The maximum absolute atomic E-state index is 13.4. The predicted molar refractivity (Wildman–Crippen MR) is 133 cm³/mol. The smallest absolute Gasteiger partial charge is 0.244 e. The molecular weight excluding hydrogens is 509 g/mol. The molecule has 2 aromatic rings. The third-order valence-corrected chi connectivity index (χ3v) is 6.91. The summed E-state index contributed by atoms with van der Waals surface area (Å²) in [4.78, 5) is 27.4. The van der Waals surface area contributed by atoms with Crippen LogP contribution in [0.1, 0.15) is 25.8 Å². The summed E-state index contributed by atoms with van der Waals surface area (Å²) in [7, 11) is -3.89. The Kier molecular flexibility index (Phi) is 9.84. The number of carbonyl (C=O) groups is 2. The van der Waals surface area contributed by atoms with Gasteiger partial charge in [0.25, 0.3) is 0 Å². The first-order valence-electron chi connectivity index (χ1n) is 10.2. The van der Waals surface area contributed by atoms with E-state index in [2.05, 4.69) is 5.32 Å². The van der Waals surface area contributed by atoms with Crippen LogP contribution in [0.25, 0.3) is 0 Å². The van der Waals surface area contributed by atoms with Gasteiger partial charge in [-0.3, -0.25) is 13.9 Å². The van der Waals surface area contributed by atoms with Crippen molar-refractivity contribution in [2.75, 3.05) is 23.7 Å². The van der Waals surface area contributed by atoms with Crippen LogP contribution in [0.3, 0.4) is 0 Å². The first-order chi connectivity index (χ1) is 15.5. The highest BCUT2D eigenvalue weighted by Gasteiger charge is 2.31. The molecule has 1 N–H and O–H groups in total. The van der Waals surface area contributed by atoms with Crippen LogP contribution in [0.5, 0.6) is 0 Å². The maximum Gasteiger partial charge on any atom is 0.244 e. The van der Waals surface area contributed by atoms with E-state index < -0.39 is 28.5 Å². The molecule has 0 saturated carbocycles. The molecule has 0 radical (unpaired) electrons. The van der Waals surface area contributed by atoms with Crippen molar-refractivity contribution in [3.05, 3.63) is 63.1 Å². The van der Waals surface area contributed by atoms with E-state index in [1.54, 1.807) is 31.2 Å². The highest BCUT2D eigenvalue weighted by atomic mass is 35.5. The van der Waals surface area contributed by atoms with Gasteiger partial charge in [0.1, 0.15) is 12.6 Å². The van der Waals surface area contributed by atoms with E-state index in [-0.39, 0.29) is 23.2 Å². The number of nitrogens with zero attached hydrogens (tertiary/aromatic N) is 2. The van der Waals surface area contributed by atoms with Crippen LogP contribution in [0, 0.1) is 0 Å². The zero-order valence-electron chi connectivity index (χ0n) is 18.5. The first kappa shape index (κ1) is 27.2. The van der Waals surface area contributed by atoms with E-state index in [1.165, 1.54) is 23.1 Å². The van der Waals surface area contributed by atoms with Gasteiger partial charge in [0.15, 0.2) is 0 Å². The molecule has 33 heavy (non-hydrogen) atoms. The van der Waals surface area contributed by atoms with Crippen LogP contribution in [-0.2, 0) is 26.2 Å². The molecule has 7 nitrogen and oxygen atoms in total. The van der Waals surface area contributed by atoms with Gasteiger partial charge in [0.05, 0.1) is 17.0 Å². The highest BCUT2D eigenvalue weighted by molar-refractivity contribution is 7.92. The Labute approximate surface area is 209 Å². The number of nitrogens with one attached hydrogen (secondary N) is 1. The number of rotatable bonds is 10. The number of hydrogen-bond donors (Lipinski definition) is 1. The highest BCUT2D eigenvalue weighted by Crippen LogP contribution is 2.30. The normalized spacial score (nSPS) is 12.2. The molecule has 0 fully saturated rings. The summed E-state index contributed by atoms with van der Waals surface area (Å²) in [6.07, 6.45) is 1.70. The molecule has 180 valence electrons. The van der Waals surface area contributed by atoms with Crippen LogP contribution >= 0.6 is 34.8 Å². The molecule has 2 rings (SSSR count). The molecular formula is C22H26Cl3N3O4S. The van der Waals surface area contributed by atoms with E-state index >= 15 is 0 Å². The van der Waals surface area contributed by atoms with Gasteiger partial charge in [-0.15, -0.1) is 0 Å². The molecule has 0 saturated heterocycles. The third kappa shape index (κ3) is 7.50. The first-order valence-corrected chi connectivity index (χ1v) is 13.2. The lowest BCUT2D eigenvalue weighted by atomic mass is 10.1. The summed E-state index contributed by atoms with van der Waals surface area (Å²) in [6, 6.07) is 10.4. The summed E-state index contributed by atoms with van der Waals surface area (Å²) in [5, 5.41) is 3.59. The molecule has 0 aliphatic rings. The Bertz CT molecular complexity index is 1110. The SMILES string of the molecule is CCCNC(=O)[C@@H](C)N(Cc1ccccc1Cl)C(=O)CN(c1ccc(Cl)cc1Cl)S(C)(=O)=O. The molecule has 0 aliphatic carbocycles. The van der Waals surface area contributed by atoms with Gasteiger partial charge in [0, 0.05) is 23.1 Å². The van der Waals surface area contributed by atoms with Crippen molar-refractivity contribution >= 4 is 62.3 Å². The molecule has 0 unspecified atom stereocenters. The quantitative estimate of drug-likeness (QED) is 0.491. The van der Waals surface area contributed by atoms with E-state index in [0.717, 1.165) is 17.0 Å². The minimum absolute atomic E-state index is 0.0190. The number of amides is 2. The van der Waals surface area contributed by atoms with Crippen molar-refractivity contribution in [2.45, 2.75) is 32.9 Å². The molecule has 0 heterocycles. The largest absolute Gasteiger partial charge is 0.354 e. The Balaban J connectivity index is 2.42. The minimum atomic E-state index is -3.89. The zero-order valence-corrected chi connectivity index (χ0v) is 21.6. The van der Waals surface area contributed by atoms with Crippen molar-refractivity contribution in [1.82, 2.24) is 10.2 Å². The Hall–Kier alpha value is -2.00. The van der Waals surface area contributed by atoms with E-state index in [4.69, 9.17) is 34.8 Å². The fourth-order valence-electron chi connectivity index (χ4n) is 3.07. The minimum Gasteiger partial charge on any atom is -0.354 e. The lowest BCUT2D eigenvalue weighted by Crippen LogP contribution is -2.51. The van der Waals surface area contributed by atoms with Crippen LogP contribution in [0.15, 0.2) is 42.5 Å². The van der Waals surface area contributed by atoms with Gasteiger partial charge in [-0.25, -0.2) is 8.42 Å². The summed E-state index contributed by atoms with van der Waals surface area (Å²) in [5.74, 6) is -0.946. The fourth-order valence-corrected chi connectivity index (χ4v) is 4.68. The topological polar surface area (TPSA) is 86.8 Å². The van der Waals surface area contributed by atoms with Gasteiger partial charge in [-0.05, 0) is 43.2 Å². The summed E-state index contributed by atoms with van der Waals surface area (Å²) in [5.41, 5.74) is 0.732. The van der Waals surface area contributed by atoms with Crippen molar-refractivity contribution < 1.29 is 18.0 Å². The number of hydrogen-bond acceptors (Lipinski definition) is 4. The second kappa shape index (κ2) is 11.9. The van der Waals surface area contributed by atoms with Crippen molar-refractivity contribution in [1.29, 1.82) is 0 Å². The van der Waals surface area contributed by atoms with E-state index in [9.17, 15) is 18.0 Å². The summed E-state index contributed by atoms with van der Waals surface area (Å²) < 4.78 is 26.0. The number of carbonyl (C=O) groups excluding carboxylic acids is 2. The Morgan fingerprint density at radius 1 is 1.06 bits per heavy atom. The van der Waals surface area contributed by atoms with Crippen LogP contribution in [-0.4, -0.2) is 50.5 Å². The lowest BCUT2D eigenvalue weighted by molar-refractivity contribution is -0.139. The average molecular weight is 535 g/mol. The van der Waals surface area contributed by atoms with Gasteiger partial charge < -0.3 is 10.2 Å². The second-order valence-electron chi connectivity index (χ2n) is 7.45. The standard InChI is InChI=1S/C22H26Cl3N3O4S/c1-4-11-26-22(30)15(2)27(13-16-7-5-6-8-18(16)24)21(29)14-28(33(3,31)32)20-10-9-17(23)12-19(20)25/h5-10,12,15H,4,11,13-14H2,1-3H3,(H,26,30)/t15-/m1/s1. The molecule has 11 heteroatoms. The number of benzene rings is 2. The number of anilines is 1. The van der Waals surface area contributed by atoms with Crippen LogP contribution < -0.4 is 9.62 Å². The van der Waals surface area contributed by atoms with Gasteiger partial charge in [-0.2, -0.15) is 0 Å². The molecule has 0 aliphatic heterocycles. The fraction of sp³-hybridized carbons (Fsp3) is 0.364. The van der Waals surface area contributed by atoms with E-state index in [0.29, 0.717) is 22.2 Å². The molecule has 0 spiro atoms. The Morgan fingerprint density at radius 2 is 1.73 bits per heavy atom. The predicted octanol–water partition coefficient (Wildman–Crippen LogP) is 4.36. The van der Waals surface area contributed by atoms with Crippen molar-refractivity contribution in [3.63, 3.8) is 0 Å². The summed E-state index contributed by atoms with van der Waals surface area (Å²) in [6.45, 7) is 3.41. The molecule has 2 amide bonds. The van der Waals surface area contributed by atoms with Crippen LogP contribution in [0.2, 0.25) is 15.1 Å². The van der Waals surface area contributed by atoms with Gasteiger partial charge in [0.2, 0.25) is 21.8 Å². The molecule has 1 atom stereocenters. The van der Waals surface area contributed by atoms with Gasteiger partial charge >= 0.3 is 0 Å². The van der Waals surface area contributed by atoms with E-state index in [1.807, 2.05) is 6.92 Å².